The molecule has 3 N–H and O–H groups in total. The lowest BCUT2D eigenvalue weighted by Crippen LogP contribution is -2.38. The second-order valence-electron chi connectivity index (χ2n) is 9.26. The van der Waals surface area contributed by atoms with Crippen LogP contribution in [0.1, 0.15) is 58.3 Å². The monoisotopic (exact) mass is 528 g/mol. The summed E-state index contributed by atoms with van der Waals surface area (Å²) in [5.41, 5.74) is 3.76. The van der Waals surface area contributed by atoms with Crippen LogP contribution in [-0.2, 0) is 16.4 Å². The van der Waals surface area contributed by atoms with Crippen LogP contribution in [0.25, 0.3) is 0 Å². The van der Waals surface area contributed by atoms with Crippen LogP contribution in [0.5, 0.6) is 0 Å². The van der Waals surface area contributed by atoms with Crippen LogP contribution in [0.2, 0.25) is 5.02 Å². The number of benzene rings is 2. The molecule has 1 aromatic heterocycles. The fourth-order valence-electron chi connectivity index (χ4n) is 5.17. The van der Waals surface area contributed by atoms with Crippen LogP contribution in [0, 0.1) is 5.82 Å². The Bertz CT molecular complexity index is 1410. The van der Waals surface area contributed by atoms with Crippen molar-refractivity contribution in [2.75, 3.05) is 18.4 Å². The Morgan fingerprint density at radius 1 is 1.08 bits per heavy atom. The van der Waals surface area contributed by atoms with Crippen molar-refractivity contribution in [1.29, 1.82) is 0 Å². The number of nitrogens with two attached hydrogens (primary N) is 1. The Morgan fingerprint density at radius 2 is 1.78 bits per heavy atom. The molecule has 2 heterocycles. The van der Waals surface area contributed by atoms with Crippen molar-refractivity contribution in [2.24, 2.45) is 5.14 Å². The van der Waals surface area contributed by atoms with E-state index in [1.807, 2.05) is 18.2 Å². The molecule has 2 aliphatic rings. The fraction of sp³-hybridized carbons (Fsp3) is 0.308. The summed E-state index contributed by atoms with van der Waals surface area (Å²) >= 11 is 6.52. The summed E-state index contributed by atoms with van der Waals surface area (Å²) in [5, 5.41) is 8.02. The van der Waals surface area contributed by atoms with Gasteiger partial charge in [0, 0.05) is 19.3 Å². The van der Waals surface area contributed by atoms with Gasteiger partial charge in [-0.3, -0.25) is 4.79 Å². The van der Waals surface area contributed by atoms with E-state index in [2.05, 4.69) is 16.4 Å². The Balaban J connectivity index is 1.42. The molecule has 1 amide bonds. The van der Waals surface area contributed by atoms with Crippen molar-refractivity contribution in [1.82, 2.24) is 9.88 Å². The number of piperidine rings is 1. The summed E-state index contributed by atoms with van der Waals surface area (Å²) in [6.45, 7) is 1.00. The van der Waals surface area contributed by atoms with Gasteiger partial charge in [-0.05, 0) is 60.4 Å². The minimum Gasteiger partial charge on any atom is -0.376 e. The largest absolute Gasteiger partial charge is 0.376 e. The first kappa shape index (κ1) is 24.7. The number of carbonyl (C=O) groups is 1. The molecule has 1 atom stereocenters. The minimum atomic E-state index is -4.19. The van der Waals surface area contributed by atoms with Gasteiger partial charge in [-0.2, -0.15) is 0 Å². The van der Waals surface area contributed by atoms with Gasteiger partial charge < -0.3 is 10.2 Å². The number of nitrogens with one attached hydrogen (secondary N) is 1. The zero-order valence-electron chi connectivity index (χ0n) is 19.5. The summed E-state index contributed by atoms with van der Waals surface area (Å²) < 4.78 is 37.5. The summed E-state index contributed by atoms with van der Waals surface area (Å²) in [4.78, 5) is 19.3. The normalized spacial score (nSPS) is 18.2. The molecular weight excluding hydrogens is 503 g/mol. The van der Waals surface area contributed by atoms with E-state index in [-0.39, 0.29) is 40.0 Å². The van der Waals surface area contributed by atoms with Crippen LogP contribution in [0.15, 0.2) is 59.8 Å². The number of pyridine rings is 1. The Kier molecular flexibility index (Phi) is 6.72. The summed E-state index contributed by atoms with van der Waals surface area (Å²) in [6, 6.07) is 14.3. The van der Waals surface area contributed by atoms with Crippen LogP contribution >= 0.6 is 11.6 Å². The standard InChI is InChI=1S/C26H26ClFN4O3S/c27-23-24(31-22-10-7-18-3-1-2-4-20(18)22)21(15-30-25(23)36(29,34)35)26(33)32-13-11-17(12-14-32)16-5-8-19(28)9-6-16/h1-6,8-9,15,17,22H,7,10-14H2,(H,30,31)(H2,29,34,35). The van der Waals surface area contributed by atoms with E-state index in [9.17, 15) is 17.6 Å². The lowest BCUT2D eigenvalue weighted by molar-refractivity contribution is 0.0713. The van der Waals surface area contributed by atoms with Gasteiger partial charge >= 0.3 is 0 Å². The topological polar surface area (TPSA) is 105 Å². The molecule has 3 aromatic rings. The smallest absolute Gasteiger partial charge is 0.257 e. The number of nitrogens with zero attached hydrogens (tertiary/aromatic N) is 2. The van der Waals surface area contributed by atoms with Crippen LogP contribution in [0.3, 0.4) is 0 Å². The van der Waals surface area contributed by atoms with Gasteiger partial charge in [0.25, 0.3) is 15.9 Å². The second-order valence-corrected chi connectivity index (χ2v) is 11.1. The van der Waals surface area contributed by atoms with E-state index < -0.39 is 15.0 Å². The first-order chi connectivity index (χ1) is 17.2. The van der Waals surface area contributed by atoms with Gasteiger partial charge in [0.2, 0.25) is 0 Å². The maximum atomic E-state index is 13.6. The molecule has 10 heteroatoms. The van der Waals surface area contributed by atoms with Crippen LogP contribution in [-0.4, -0.2) is 37.3 Å². The number of likely N-dealkylation sites (tertiary alicyclic amines) is 1. The molecule has 1 fully saturated rings. The average molecular weight is 529 g/mol. The average Bonchev–Trinajstić information content (AvgIpc) is 3.27. The number of halogens is 2. The van der Waals surface area contributed by atoms with E-state index >= 15 is 0 Å². The van der Waals surface area contributed by atoms with Crippen LogP contribution < -0.4 is 10.5 Å². The number of amides is 1. The third-order valence-electron chi connectivity index (χ3n) is 7.06. The van der Waals surface area contributed by atoms with Crippen LogP contribution in [0.4, 0.5) is 10.1 Å². The number of carbonyl (C=O) groups excluding carboxylic acids is 1. The highest BCUT2D eigenvalue weighted by Crippen LogP contribution is 2.39. The molecule has 7 nitrogen and oxygen atoms in total. The SMILES string of the molecule is NS(=O)(=O)c1ncc(C(=O)N2CCC(c3ccc(F)cc3)CC2)c(NC2CCc3ccccc32)c1Cl. The quantitative estimate of drug-likeness (QED) is 0.502. The van der Waals surface area contributed by atoms with E-state index in [1.54, 1.807) is 17.0 Å². The molecule has 36 heavy (non-hydrogen) atoms. The zero-order valence-corrected chi connectivity index (χ0v) is 21.0. The number of fused-ring (bicyclic) bond motifs is 1. The number of sulfonamides is 1. The molecule has 0 saturated carbocycles. The molecule has 1 saturated heterocycles. The molecule has 0 bridgehead atoms. The minimum absolute atomic E-state index is 0.134. The molecule has 0 radical (unpaired) electrons. The number of hydrogen-bond acceptors (Lipinski definition) is 5. The van der Waals surface area contributed by atoms with Crippen molar-refractivity contribution in [2.45, 2.75) is 42.7 Å². The lowest BCUT2D eigenvalue weighted by Gasteiger charge is -2.33. The molecule has 0 spiro atoms. The lowest BCUT2D eigenvalue weighted by atomic mass is 9.89. The van der Waals surface area contributed by atoms with Gasteiger partial charge in [0.1, 0.15) is 10.8 Å². The van der Waals surface area contributed by atoms with Gasteiger partial charge in [0.05, 0.1) is 17.3 Å². The number of primary sulfonamides is 1. The molecule has 5 rings (SSSR count). The maximum Gasteiger partial charge on any atom is 0.257 e. The number of rotatable bonds is 5. The Morgan fingerprint density at radius 3 is 2.47 bits per heavy atom. The van der Waals surface area contributed by atoms with Gasteiger partial charge in [-0.25, -0.2) is 22.9 Å². The van der Waals surface area contributed by atoms with Crippen molar-refractivity contribution in [3.63, 3.8) is 0 Å². The molecule has 1 aliphatic carbocycles. The van der Waals surface area contributed by atoms with E-state index in [0.29, 0.717) is 13.1 Å². The predicted octanol–water partition coefficient (Wildman–Crippen LogP) is 4.64. The third-order valence-corrected chi connectivity index (χ3v) is 8.39. The summed E-state index contributed by atoms with van der Waals surface area (Å²) in [5.74, 6) is -0.325. The highest BCUT2D eigenvalue weighted by molar-refractivity contribution is 7.89. The highest BCUT2D eigenvalue weighted by atomic mass is 35.5. The first-order valence-corrected chi connectivity index (χ1v) is 13.7. The number of aryl methyl sites for hydroxylation is 1. The highest BCUT2D eigenvalue weighted by Gasteiger charge is 2.31. The molecule has 188 valence electrons. The number of hydrogen-bond donors (Lipinski definition) is 2. The summed E-state index contributed by atoms with van der Waals surface area (Å²) in [6.07, 6.45) is 4.33. The van der Waals surface area contributed by atoms with Crippen molar-refractivity contribution < 1.29 is 17.6 Å². The maximum absolute atomic E-state index is 13.6. The first-order valence-electron chi connectivity index (χ1n) is 11.8. The van der Waals surface area contributed by atoms with Crippen molar-refractivity contribution >= 4 is 33.2 Å². The molecule has 1 aliphatic heterocycles. The van der Waals surface area contributed by atoms with Gasteiger partial charge in [-0.15, -0.1) is 0 Å². The zero-order chi connectivity index (χ0) is 25.4. The third kappa shape index (κ3) is 4.83. The molecule has 1 unspecified atom stereocenters. The molecular formula is C26H26ClFN4O3S. The number of aromatic nitrogens is 1. The van der Waals surface area contributed by atoms with Crippen molar-refractivity contribution in [3.05, 3.63) is 87.8 Å². The fourth-order valence-corrected chi connectivity index (χ4v) is 6.25. The predicted molar refractivity (Wildman–Crippen MR) is 136 cm³/mol. The van der Waals surface area contributed by atoms with E-state index in [0.717, 1.165) is 36.8 Å². The van der Waals surface area contributed by atoms with Gasteiger partial charge in [-0.1, -0.05) is 48.0 Å². The molecule has 2 aromatic carbocycles. The van der Waals surface area contributed by atoms with E-state index in [1.165, 1.54) is 23.9 Å². The van der Waals surface area contributed by atoms with Crippen molar-refractivity contribution in [3.8, 4) is 0 Å². The second kappa shape index (κ2) is 9.80. The van der Waals surface area contributed by atoms with E-state index in [4.69, 9.17) is 16.7 Å². The Hall–Kier alpha value is -3.01. The summed E-state index contributed by atoms with van der Waals surface area (Å²) in [7, 11) is -4.19. The Labute approximate surface area is 214 Å². The number of anilines is 1. The van der Waals surface area contributed by atoms with Gasteiger partial charge in [0.15, 0.2) is 5.03 Å².